The molecule has 2 aromatic rings. The Kier molecular flexibility index (Phi) is 4.70. The molecule has 6 heteroatoms. The molecule has 2 N–H and O–H groups in total. The summed E-state index contributed by atoms with van der Waals surface area (Å²) in [5.41, 5.74) is 1.11. The van der Waals surface area contributed by atoms with Gasteiger partial charge in [0.1, 0.15) is 12.1 Å². The normalized spacial score (nSPS) is 11.9. The van der Waals surface area contributed by atoms with E-state index in [-0.39, 0.29) is 12.5 Å². The van der Waals surface area contributed by atoms with Gasteiger partial charge >= 0.3 is 0 Å². The van der Waals surface area contributed by atoms with Crippen LogP contribution in [0.4, 0.5) is 5.95 Å². The number of aromatic amines is 1. The Bertz CT molecular complexity index is 554. The van der Waals surface area contributed by atoms with Crippen molar-refractivity contribution in [1.82, 2.24) is 15.2 Å². The smallest absolute Gasteiger partial charge is 0.264 e. The fourth-order valence-corrected chi connectivity index (χ4v) is 1.82. The van der Waals surface area contributed by atoms with Crippen LogP contribution in [-0.4, -0.2) is 27.7 Å². The van der Waals surface area contributed by atoms with Gasteiger partial charge in [-0.25, -0.2) is 5.10 Å². The zero-order valence-corrected chi connectivity index (χ0v) is 11.6. The number of nitrogens with zero attached hydrogens (tertiary/aromatic N) is 2. The topological polar surface area (TPSA) is 79.9 Å². The SMILES string of the molecule is CC[C@@H](C)c1ccccc1OCC(=O)Nc1ncn[nH]1. The molecule has 0 spiro atoms. The van der Waals surface area contributed by atoms with Crippen molar-refractivity contribution in [2.45, 2.75) is 26.2 Å². The Morgan fingerprint density at radius 2 is 2.25 bits per heavy atom. The van der Waals surface area contributed by atoms with E-state index >= 15 is 0 Å². The van der Waals surface area contributed by atoms with Crippen LogP contribution in [0.15, 0.2) is 30.6 Å². The van der Waals surface area contributed by atoms with Crippen LogP contribution in [0.2, 0.25) is 0 Å². The number of ether oxygens (including phenoxy) is 1. The fourth-order valence-electron chi connectivity index (χ4n) is 1.82. The minimum absolute atomic E-state index is 0.0614. The molecule has 1 amide bonds. The van der Waals surface area contributed by atoms with Crippen molar-refractivity contribution in [1.29, 1.82) is 0 Å². The summed E-state index contributed by atoms with van der Waals surface area (Å²) in [5, 5.41) is 8.77. The van der Waals surface area contributed by atoms with Gasteiger partial charge in [-0.2, -0.15) is 10.1 Å². The summed E-state index contributed by atoms with van der Waals surface area (Å²) in [6, 6.07) is 7.78. The van der Waals surface area contributed by atoms with E-state index in [1.54, 1.807) is 0 Å². The third-order valence-electron chi connectivity index (χ3n) is 3.09. The van der Waals surface area contributed by atoms with Gasteiger partial charge in [0, 0.05) is 0 Å². The van der Waals surface area contributed by atoms with Crippen molar-refractivity contribution in [2.24, 2.45) is 0 Å². The monoisotopic (exact) mass is 274 g/mol. The van der Waals surface area contributed by atoms with Gasteiger partial charge in [-0.15, -0.1) is 0 Å². The highest BCUT2D eigenvalue weighted by Gasteiger charge is 2.11. The molecule has 106 valence electrons. The minimum Gasteiger partial charge on any atom is -0.483 e. The van der Waals surface area contributed by atoms with E-state index in [4.69, 9.17) is 4.74 Å². The maximum absolute atomic E-state index is 11.7. The molecule has 0 aliphatic carbocycles. The van der Waals surface area contributed by atoms with E-state index in [2.05, 4.69) is 34.3 Å². The first-order valence-electron chi connectivity index (χ1n) is 6.57. The van der Waals surface area contributed by atoms with Crippen molar-refractivity contribution < 1.29 is 9.53 Å². The molecular formula is C14H18N4O2. The maximum atomic E-state index is 11.7. The van der Waals surface area contributed by atoms with Crippen molar-refractivity contribution in [3.05, 3.63) is 36.2 Å². The number of benzene rings is 1. The van der Waals surface area contributed by atoms with Crippen LogP contribution >= 0.6 is 0 Å². The van der Waals surface area contributed by atoms with Crippen LogP contribution in [0.1, 0.15) is 31.7 Å². The quantitative estimate of drug-likeness (QED) is 0.847. The number of anilines is 1. The van der Waals surface area contributed by atoms with Gasteiger partial charge in [0.15, 0.2) is 6.61 Å². The lowest BCUT2D eigenvalue weighted by atomic mass is 9.98. The van der Waals surface area contributed by atoms with Gasteiger partial charge in [0.2, 0.25) is 5.95 Å². The summed E-state index contributed by atoms with van der Waals surface area (Å²) < 4.78 is 5.60. The molecule has 0 aliphatic heterocycles. The van der Waals surface area contributed by atoms with Gasteiger partial charge in [-0.05, 0) is 24.0 Å². The Labute approximate surface area is 117 Å². The van der Waals surface area contributed by atoms with Crippen LogP contribution < -0.4 is 10.1 Å². The number of aromatic nitrogens is 3. The standard InChI is InChI=1S/C14H18N4O2/c1-3-10(2)11-6-4-5-7-12(11)20-8-13(19)17-14-15-9-16-18-14/h4-7,9-10H,3,8H2,1-2H3,(H2,15,16,17,18,19)/t10-/m1/s1. The first-order chi connectivity index (χ1) is 9.70. The van der Waals surface area contributed by atoms with Crippen LogP contribution in [-0.2, 0) is 4.79 Å². The lowest BCUT2D eigenvalue weighted by molar-refractivity contribution is -0.118. The first-order valence-corrected chi connectivity index (χ1v) is 6.57. The molecule has 1 aromatic heterocycles. The number of carbonyl (C=O) groups excluding carboxylic acids is 1. The van der Waals surface area contributed by atoms with Gasteiger partial charge in [-0.1, -0.05) is 32.0 Å². The second-order valence-electron chi connectivity index (χ2n) is 4.52. The van der Waals surface area contributed by atoms with E-state index < -0.39 is 0 Å². The fraction of sp³-hybridized carbons (Fsp3) is 0.357. The Hall–Kier alpha value is -2.37. The van der Waals surface area contributed by atoms with Crippen molar-refractivity contribution >= 4 is 11.9 Å². The third-order valence-corrected chi connectivity index (χ3v) is 3.09. The van der Waals surface area contributed by atoms with E-state index in [0.29, 0.717) is 11.9 Å². The predicted octanol–water partition coefficient (Wildman–Crippen LogP) is 2.34. The number of amides is 1. The molecule has 6 nitrogen and oxygen atoms in total. The highest BCUT2D eigenvalue weighted by molar-refractivity contribution is 5.90. The zero-order chi connectivity index (χ0) is 14.4. The lowest BCUT2D eigenvalue weighted by Crippen LogP contribution is -2.21. The molecule has 0 unspecified atom stereocenters. The minimum atomic E-state index is -0.277. The predicted molar refractivity (Wildman–Crippen MR) is 75.7 cm³/mol. The molecular weight excluding hydrogens is 256 g/mol. The number of para-hydroxylation sites is 1. The summed E-state index contributed by atoms with van der Waals surface area (Å²) in [7, 11) is 0. The zero-order valence-electron chi connectivity index (χ0n) is 11.6. The van der Waals surface area contributed by atoms with Crippen molar-refractivity contribution in [3.63, 3.8) is 0 Å². The number of hydrogen-bond donors (Lipinski definition) is 2. The molecule has 1 aromatic carbocycles. The molecule has 1 heterocycles. The van der Waals surface area contributed by atoms with E-state index in [1.165, 1.54) is 6.33 Å². The summed E-state index contributed by atoms with van der Waals surface area (Å²) in [4.78, 5) is 15.5. The molecule has 0 aliphatic rings. The Balaban J connectivity index is 1.95. The van der Waals surface area contributed by atoms with Crippen LogP contribution in [0.25, 0.3) is 0 Å². The third kappa shape index (κ3) is 3.57. The summed E-state index contributed by atoms with van der Waals surface area (Å²) in [5.74, 6) is 1.17. The second-order valence-corrected chi connectivity index (χ2v) is 4.52. The highest BCUT2D eigenvalue weighted by atomic mass is 16.5. The molecule has 0 bridgehead atoms. The molecule has 0 fully saturated rings. The second kappa shape index (κ2) is 6.70. The first kappa shape index (κ1) is 14.0. The van der Waals surface area contributed by atoms with E-state index in [0.717, 1.165) is 17.7 Å². The molecule has 1 atom stereocenters. The van der Waals surface area contributed by atoms with E-state index in [1.807, 2.05) is 24.3 Å². The Morgan fingerprint density at radius 1 is 1.45 bits per heavy atom. The molecule has 20 heavy (non-hydrogen) atoms. The number of H-pyrrole nitrogens is 1. The van der Waals surface area contributed by atoms with Gasteiger partial charge < -0.3 is 4.74 Å². The average Bonchev–Trinajstić information content (AvgIpc) is 2.97. The largest absolute Gasteiger partial charge is 0.483 e. The molecule has 0 radical (unpaired) electrons. The highest BCUT2D eigenvalue weighted by Crippen LogP contribution is 2.28. The number of rotatable bonds is 6. The van der Waals surface area contributed by atoms with Gasteiger partial charge in [0.25, 0.3) is 5.91 Å². The van der Waals surface area contributed by atoms with E-state index in [9.17, 15) is 4.79 Å². The van der Waals surface area contributed by atoms with Gasteiger partial charge in [0.05, 0.1) is 0 Å². The maximum Gasteiger partial charge on any atom is 0.264 e. The number of hydrogen-bond acceptors (Lipinski definition) is 4. The van der Waals surface area contributed by atoms with Crippen molar-refractivity contribution in [3.8, 4) is 5.75 Å². The summed E-state index contributed by atoms with van der Waals surface area (Å²) in [6.07, 6.45) is 2.35. The van der Waals surface area contributed by atoms with Gasteiger partial charge in [-0.3, -0.25) is 10.1 Å². The lowest BCUT2D eigenvalue weighted by Gasteiger charge is -2.15. The average molecular weight is 274 g/mol. The summed E-state index contributed by atoms with van der Waals surface area (Å²) in [6.45, 7) is 4.20. The molecule has 2 rings (SSSR count). The van der Waals surface area contributed by atoms with Crippen LogP contribution in [0, 0.1) is 0 Å². The number of nitrogens with one attached hydrogen (secondary N) is 2. The Morgan fingerprint density at radius 3 is 2.95 bits per heavy atom. The van der Waals surface area contributed by atoms with Crippen molar-refractivity contribution in [2.75, 3.05) is 11.9 Å². The van der Waals surface area contributed by atoms with Crippen LogP contribution in [0.5, 0.6) is 5.75 Å². The molecule has 0 saturated heterocycles. The van der Waals surface area contributed by atoms with Crippen LogP contribution in [0.3, 0.4) is 0 Å². The summed E-state index contributed by atoms with van der Waals surface area (Å²) >= 11 is 0. The number of carbonyl (C=O) groups is 1. The molecule has 0 saturated carbocycles.